The number of amides is 1. The molecule has 1 aliphatic rings. The van der Waals surface area contributed by atoms with Crippen LogP contribution in [0.25, 0.3) is 0 Å². The second-order valence-electron chi connectivity index (χ2n) is 5.19. The summed E-state index contributed by atoms with van der Waals surface area (Å²) in [5, 5.41) is 0. The number of hydrogen-bond acceptors (Lipinski definition) is 3. The Bertz CT molecular complexity index is 407. The van der Waals surface area contributed by atoms with Gasteiger partial charge in [0.1, 0.15) is 0 Å². The first kappa shape index (κ1) is 13.0. The number of nitrogens with two attached hydrogens (primary N) is 1. The lowest BCUT2D eigenvalue weighted by atomic mass is 10.0. The second kappa shape index (κ2) is 5.48. The van der Waals surface area contributed by atoms with Crippen molar-refractivity contribution in [1.29, 1.82) is 0 Å². The predicted octanol–water partition coefficient (Wildman–Crippen LogP) is 1.38. The molecule has 0 aliphatic carbocycles. The molecule has 1 fully saturated rings. The molecule has 18 heavy (non-hydrogen) atoms. The molecule has 4 heteroatoms. The maximum atomic E-state index is 12.5. The zero-order valence-corrected chi connectivity index (χ0v) is 11.0. The van der Waals surface area contributed by atoms with E-state index in [0.717, 1.165) is 18.5 Å². The van der Waals surface area contributed by atoms with Crippen molar-refractivity contribution in [3.63, 3.8) is 0 Å². The summed E-state index contributed by atoms with van der Waals surface area (Å²) >= 11 is 0. The smallest absolute Gasteiger partial charge is 0.230 e. The summed E-state index contributed by atoms with van der Waals surface area (Å²) in [4.78, 5) is 18.5. The molecule has 98 valence electrons. The number of nitrogens with zero attached hydrogens (tertiary/aromatic N) is 2. The van der Waals surface area contributed by atoms with Crippen LogP contribution in [0.15, 0.2) is 24.5 Å². The second-order valence-corrected chi connectivity index (χ2v) is 5.19. The quantitative estimate of drug-likeness (QED) is 0.878. The highest BCUT2D eigenvalue weighted by Crippen LogP contribution is 2.26. The van der Waals surface area contributed by atoms with Crippen LogP contribution in [0.1, 0.15) is 31.7 Å². The average Bonchev–Trinajstić information content (AvgIpc) is 2.79. The van der Waals surface area contributed by atoms with Crippen LogP contribution in [0.2, 0.25) is 0 Å². The average molecular weight is 247 g/mol. The van der Waals surface area contributed by atoms with Gasteiger partial charge in [-0.15, -0.1) is 0 Å². The van der Waals surface area contributed by atoms with Crippen LogP contribution in [-0.2, 0) is 4.79 Å². The highest BCUT2D eigenvalue weighted by Gasteiger charge is 2.33. The Morgan fingerprint density at radius 3 is 3.00 bits per heavy atom. The molecule has 0 radical (unpaired) electrons. The van der Waals surface area contributed by atoms with Crippen molar-refractivity contribution in [2.75, 3.05) is 13.1 Å². The lowest BCUT2D eigenvalue weighted by Crippen LogP contribution is -2.37. The third kappa shape index (κ3) is 2.53. The number of rotatable bonds is 3. The molecule has 2 N–H and O–H groups in total. The van der Waals surface area contributed by atoms with Crippen LogP contribution in [0.5, 0.6) is 0 Å². The van der Waals surface area contributed by atoms with Crippen molar-refractivity contribution < 1.29 is 4.79 Å². The Balaban J connectivity index is 2.08. The van der Waals surface area contributed by atoms with Crippen LogP contribution in [0, 0.1) is 5.92 Å². The zero-order chi connectivity index (χ0) is 13.1. The summed E-state index contributed by atoms with van der Waals surface area (Å²) in [5.74, 6) is 0.508. The molecule has 1 aromatic rings. The summed E-state index contributed by atoms with van der Waals surface area (Å²) in [6, 6.07) is 4.12. The maximum absolute atomic E-state index is 12.5. The topological polar surface area (TPSA) is 59.2 Å². The molecular formula is C14H21N3O. The molecule has 1 amide bonds. The van der Waals surface area contributed by atoms with Gasteiger partial charge in [0.05, 0.1) is 5.92 Å². The SMILES string of the molecule is CC(C(=O)N1CC(CN)CC1C)c1cccnc1. The molecule has 0 bridgehead atoms. The number of hydrogen-bond donors (Lipinski definition) is 1. The van der Waals surface area contributed by atoms with Crippen molar-refractivity contribution >= 4 is 5.91 Å². The van der Waals surface area contributed by atoms with Crippen LogP contribution in [0.4, 0.5) is 0 Å². The van der Waals surface area contributed by atoms with Crippen LogP contribution < -0.4 is 5.73 Å². The molecule has 3 atom stereocenters. The predicted molar refractivity (Wildman–Crippen MR) is 71.0 cm³/mol. The minimum absolute atomic E-state index is 0.127. The first-order valence-electron chi connectivity index (χ1n) is 6.54. The largest absolute Gasteiger partial charge is 0.339 e. The van der Waals surface area contributed by atoms with Crippen molar-refractivity contribution in [2.45, 2.75) is 32.2 Å². The van der Waals surface area contributed by atoms with E-state index >= 15 is 0 Å². The van der Waals surface area contributed by atoms with Gasteiger partial charge in [0, 0.05) is 25.0 Å². The van der Waals surface area contributed by atoms with E-state index in [2.05, 4.69) is 11.9 Å². The third-order valence-electron chi connectivity index (χ3n) is 3.83. The van der Waals surface area contributed by atoms with E-state index in [-0.39, 0.29) is 11.8 Å². The van der Waals surface area contributed by atoms with Gasteiger partial charge in [-0.2, -0.15) is 0 Å². The Hall–Kier alpha value is -1.42. The van der Waals surface area contributed by atoms with Crippen molar-refractivity contribution in [1.82, 2.24) is 9.88 Å². The van der Waals surface area contributed by atoms with Crippen molar-refractivity contribution in [3.8, 4) is 0 Å². The van der Waals surface area contributed by atoms with E-state index in [1.165, 1.54) is 0 Å². The van der Waals surface area contributed by atoms with Gasteiger partial charge in [-0.3, -0.25) is 9.78 Å². The fourth-order valence-corrected chi connectivity index (χ4v) is 2.64. The summed E-state index contributed by atoms with van der Waals surface area (Å²) in [6.45, 7) is 5.50. The number of aromatic nitrogens is 1. The van der Waals surface area contributed by atoms with Gasteiger partial charge in [0.2, 0.25) is 5.91 Å². The molecule has 2 rings (SSSR count). The molecule has 1 aromatic heterocycles. The van der Waals surface area contributed by atoms with E-state index in [1.807, 2.05) is 24.0 Å². The molecule has 2 heterocycles. The van der Waals surface area contributed by atoms with E-state index in [4.69, 9.17) is 5.73 Å². The first-order chi connectivity index (χ1) is 8.63. The van der Waals surface area contributed by atoms with Gasteiger partial charge in [-0.1, -0.05) is 6.07 Å². The fourth-order valence-electron chi connectivity index (χ4n) is 2.64. The Morgan fingerprint density at radius 1 is 1.67 bits per heavy atom. The monoisotopic (exact) mass is 247 g/mol. The Labute approximate surface area is 108 Å². The zero-order valence-electron chi connectivity index (χ0n) is 11.0. The van der Waals surface area contributed by atoms with Gasteiger partial charge >= 0.3 is 0 Å². The van der Waals surface area contributed by atoms with Gasteiger partial charge in [-0.05, 0) is 44.4 Å². The molecule has 0 saturated carbocycles. The number of carbonyl (C=O) groups is 1. The number of carbonyl (C=O) groups excluding carboxylic acids is 1. The summed E-state index contributed by atoms with van der Waals surface area (Å²) in [7, 11) is 0. The molecular weight excluding hydrogens is 226 g/mol. The van der Waals surface area contributed by atoms with E-state index in [0.29, 0.717) is 18.5 Å². The van der Waals surface area contributed by atoms with E-state index in [9.17, 15) is 4.79 Å². The van der Waals surface area contributed by atoms with Gasteiger partial charge in [-0.25, -0.2) is 0 Å². The molecule has 0 spiro atoms. The van der Waals surface area contributed by atoms with Crippen LogP contribution in [0.3, 0.4) is 0 Å². The maximum Gasteiger partial charge on any atom is 0.230 e. The third-order valence-corrected chi connectivity index (χ3v) is 3.83. The normalized spacial score (nSPS) is 25.2. The van der Waals surface area contributed by atoms with Crippen LogP contribution in [-0.4, -0.2) is 34.9 Å². The van der Waals surface area contributed by atoms with E-state index < -0.39 is 0 Å². The summed E-state index contributed by atoms with van der Waals surface area (Å²) in [5.41, 5.74) is 6.68. The van der Waals surface area contributed by atoms with Crippen LogP contribution >= 0.6 is 0 Å². The molecule has 3 unspecified atom stereocenters. The Morgan fingerprint density at radius 2 is 2.44 bits per heavy atom. The van der Waals surface area contributed by atoms with E-state index in [1.54, 1.807) is 12.4 Å². The fraction of sp³-hybridized carbons (Fsp3) is 0.571. The van der Waals surface area contributed by atoms with Crippen molar-refractivity contribution in [2.24, 2.45) is 11.7 Å². The van der Waals surface area contributed by atoms with Gasteiger partial charge < -0.3 is 10.6 Å². The molecule has 1 aliphatic heterocycles. The summed E-state index contributed by atoms with van der Waals surface area (Å²) in [6.07, 6.45) is 4.51. The lowest BCUT2D eigenvalue weighted by Gasteiger charge is -2.25. The highest BCUT2D eigenvalue weighted by molar-refractivity contribution is 5.83. The standard InChI is InChI=1S/C14H21N3O/c1-10-6-12(7-15)9-17(10)14(18)11(2)13-4-3-5-16-8-13/h3-5,8,10-12H,6-7,9,15H2,1-2H3. The molecule has 1 saturated heterocycles. The number of likely N-dealkylation sites (tertiary alicyclic amines) is 1. The van der Waals surface area contributed by atoms with Crippen molar-refractivity contribution in [3.05, 3.63) is 30.1 Å². The highest BCUT2D eigenvalue weighted by atomic mass is 16.2. The Kier molecular flexibility index (Phi) is 3.97. The number of pyridine rings is 1. The van der Waals surface area contributed by atoms with Gasteiger partial charge in [0.15, 0.2) is 0 Å². The minimum Gasteiger partial charge on any atom is -0.339 e. The minimum atomic E-state index is -0.127. The van der Waals surface area contributed by atoms with Gasteiger partial charge in [0.25, 0.3) is 0 Å². The summed E-state index contributed by atoms with van der Waals surface area (Å²) < 4.78 is 0. The molecule has 0 aromatic carbocycles. The molecule has 4 nitrogen and oxygen atoms in total. The first-order valence-corrected chi connectivity index (χ1v) is 6.54. The lowest BCUT2D eigenvalue weighted by molar-refractivity contribution is -0.133.